The van der Waals surface area contributed by atoms with Gasteiger partial charge in [-0.1, -0.05) is 24.3 Å². The van der Waals surface area contributed by atoms with E-state index in [0.29, 0.717) is 11.1 Å². The zero-order chi connectivity index (χ0) is 16.5. The van der Waals surface area contributed by atoms with Crippen molar-refractivity contribution in [2.75, 3.05) is 6.54 Å². The number of primary amides is 1. The summed E-state index contributed by atoms with van der Waals surface area (Å²) in [5, 5.41) is 8.72. The van der Waals surface area contributed by atoms with E-state index >= 15 is 0 Å². The van der Waals surface area contributed by atoms with Crippen LogP contribution < -0.4 is 11.1 Å². The number of hydrogen-bond donors (Lipinski definition) is 2. The van der Waals surface area contributed by atoms with Crippen LogP contribution in [0.3, 0.4) is 0 Å². The van der Waals surface area contributed by atoms with Crippen molar-refractivity contribution in [3.63, 3.8) is 0 Å². The van der Waals surface area contributed by atoms with Crippen molar-refractivity contribution in [2.45, 2.75) is 12.8 Å². The molecule has 5 heteroatoms. The molecule has 1 aliphatic rings. The van der Waals surface area contributed by atoms with E-state index in [2.05, 4.69) is 28.7 Å². The minimum atomic E-state index is -0.460. The van der Waals surface area contributed by atoms with Crippen LogP contribution in [0.15, 0.2) is 54.9 Å². The normalized spacial score (nSPS) is 14.2. The minimum absolute atomic E-state index is 0.446. The molecule has 0 aliphatic carbocycles. The Hall–Kier alpha value is -3.08. The van der Waals surface area contributed by atoms with Crippen LogP contribution in [0.1, 0.15) is 28.8 Å². The molecule has 24 heavy (non-hydrogen) atoms. The molecule has 0 spiro atoms. The average molecular weight is 318 g/mol. The number of amides is 1. The molecule has 3 N–H and O–H groups in total. The van der Waals surface area contributed by atoms with Crippen LogP contribution in [0.4, 0.5) is 0 Å². The van der Waals surface area contributed by atoms with Gasteiger partial charge in [0.2, 0.25) is 0 Å². The molecule has 0 fully saturated rings. The van der Waals surface area contributed by atoms with Crippen LogP contribution in [-0.2, 0) is 0 Å². The third-order valence-electron chi connectivity index (χ3n) is 4.35. The highest BCUT2D eigenvalue weighted by Crippen LogP contribution is 2.24. The number of carbonyl (C=O) groups is 1. The fraction of sp³-hybridized carbons (Fsp3) is 0.158. The van der Waals surface area contributed by atoms with Gasteiger partial charge in [-0.3, -0.25) is 4.79 Å². The molecule has 4 rings (SSSR count). The molecule has 0 radical (unpaired) electrons. The van der Waals surface area contributed by atoms with Gasteiger partial charge in [0.1, 0.15) is 5.52 Å². The van der Waals surface area contributed by atoms with Gasteiger partial charge >= 0.3 is 0 Å². The number of nitrogens with two attached hydrogens (primary N) is 1. The van der Waals surface area contributed by atoms with E-state index in [1.54, 1.807) is 10.7 Å². The van der Waals surface area contributed by atoms with E-state index < -0.39 is 5.91 Å². The van der Waals surface area contributed by atoms with Gasteiger partial charge in [-0.15, -0.1) is 0 Å². The lowest BCUT2D eigenvalue weighted by Gasteiger charge is -2.14. The van der Waals surface area contributed by atoms with Crippen molar-refractivity contribution in [2.24, 2.45) is 5.73 Å². The van der Waals surface area contributed by atoms with Gasteiger partial charge in [-0.05, 0) is 42.2 Å². The summed E-state index contributed by atoms with van der Waals surface area (Å²) in [6.45, 7) is 1.05. The highest BCUT2D eigenvalue weighted by atomic mass is 16.1. The average Bonchev–Trinajstić information content (AvgIpc) is 3.06. The number of hydrogen-bond acceptors (Lipinski definition) is 3. The number of aromatic nitrogens is 2. The molecule has 0 bridgehead atoms. The number of fused-ring (bicyclic) bond motifs is 1. The highest BCUT2D eigenvalue weighted by Gasteiger charge is 2.11. The van der Waals surface area contributed by atoms with Crippen molar-refractivity contribution in [1.29, 1.82) is 0 Å². The topological polar surface area (TPSA) is 72.9 Å². The first-order chi connectivity index (χ1) is 11.7. The maximum atomic E-state index is 11.5. The number of allylic oxidation sites excluding steroid dienone is 1. The van der Waals surface area contributed by atoms with Gasteiger partial charge < -0.3 is 11.1 Å². The molecular formula is C19H18N4O. The van der Waals surface area contributed by atoms with Gasteiger partial charge in [0, 0.05) is 24.3 Å². The summed E-state index contributed by atoms with van der Waals surface area (Å²) in [7, 11) is 0. The molecule has 0 saturated carbocycles. The Balaban J connectivity index is 1.71. The Labute approximate surface area is 139 Å². The summed E-state index contributed by atoms with van der Waals surface area (Å²) in [5.74, 6) is -0.460. The smallest absolute Gasteiger partial charge is 0.250 e. The van der Waals surface area contributed by atoms with E-state index in [1.807, 2.05) is 30.5 Å². The van der Waals surface area contributed by atoms with Crippen LogP contribution in [0.2, 0.25) is 0 Å². The summed E-state index contributed by atoms with van der Waals surface area (Å²) in [6, 6.07) is 13.7. The largest absolute Gasteiger partial charge is 0.391 e. The first kappa shape index (κ1) is 14.5. The highest BCUT2D eigenvalue weighted by molar-refractivity contribution is 6.04. The van der Waals surface area contributed by atoms with Crippen molar-refractivity contribution in [1.82, 2.24) is 15.1 Å². The first-order valence-corrected chi connectivity index (χ1v) is 8.04. The van der Waals surface area contributed by atoms with E-state index in [1.165, 1.54) is 11.1 Å². The second-order valence-electron chi connectivity index (χ2n) is 5.96. The maximum absolute atomic E-state index is 11.5. The predicted molar refractivity (Wildman–Crippen MR) is 94.8 cm³/mol. The second-order valence-corrected chi connectivity index (χ2v) is 5.96. The molecule has 1 amide bonds. The van der Waals surface area contributed by atoms with Crippen LogP contribution >= 0.6 is 0 Å². The van der Waals surface area contributed by atoms with Gasteiger partial charge in [0.05, 0.1) is 11.3 Å². The Kier molecular flexibility index (Phi) is 3.54. The standard InChI is InChI=1S/C19H18N4O/c20-19(24)17-5-1-3-15-12-23(22-18(15)17)16-8-6-13(7-9-16)14-4-2-10-21-11-14/h1,3,5-9,11-12,21H,2,4,10H2,(H2,20,24). The molecule has 2 heterocycles. The zero-order valence-electron chi connectivity index (χ0n) is 13.2. The minimum Gasteiger partial charge on any atom is -0.391 e. The second kappa shape index (κ2) is 5.85. The quantitative estimate of drug-likeness (QED) is 0.780. The van der Waals surface area contributed by atoms with Crippen LogP contribution in [0.5, 0.6) is 0 Å². The number of nitrogens with zero attached hydrogens (tertiary/aromatic N) is 2. The predicted octanol–water partition coefficient (Wildman–Crippen LogP) is 2.85. The Morgan fingerprint density at radius 3 is 2.71 bits per heavy atom. The summed E-state index contributed by atoms with van der Waals surface area (Å²) >= 11 is 0. The Morgan fingerprint density at radius 2 is 2.00 bits per heavy atom. The molecule has 0 unspecified atom stereocenters. The van der Waals surface area contributed by atoms with Crippen LogP contribution in [0, 0.1) is 0 Å². The lowest BCUT2D eigenvalue weighted by atomic mass is 10.00. The van der Waals surface area contributed by atoms with Crippen molar-refractivity contribution in [3.05, 3.63) is 66.0 Å². The molecule has 5 nitrogen and oxygen atoms in total. The summed E-state index contributed by atoms with van der Waals surface area (Å²) in [4.78, 5) is 11.5. The number of benzene rings is 2. The van der Waals surface area contributed by atoms with Gasteiger partial charge in [0.25, 0.3) is 5.91 Å². The van der Waals surface area contributed by atoms with E-state index in [4.69, 9.17) is 5.73 Å². The summed E-state index contributed by atoms with van der Waals surface area (Å²) in [6.07, 6.45) is 6.27. The lowest BCUT2D eigenvalue weighted by molar-refractivity contribution is 0.100. The third kappa shape index (κ3) is 2.54. The fourth-order valence-electron chi connectivity index (χ4n) is 3.08. The van der Waals surface area contributed by atoms with Crippen molar-refractivity contribution >= 4 is 22.4 Å². The Bertz CT molecular complexity index is 938. The fourth-order valence-corrected chi connectivity index (χ4v) is 3.08. The SMILES string of the molecule is NC(=O)c1cccc2cn(-c3ccc(C4=CNCCC4)cc3)nc12. The van der Waals surface area contributed by atoms with E-state index in [0.717, 1.165) is 30.5 Å². The number of carbonyl (C=O) groups excluding carboxylic acids is 1. The molecule has 3 aromatic rings. The zero-order valence-corrected chi connectivity index (χ0v) is 13.2. The van der Waals surface area contributed by atoms with Gasteiger partial charge in [-0.2, -0.15) is 5.10 Å². The van der Waals surface area contributed by atoms with Gasteiger partial charge in [0.15, 0.2) is 0 Å². The van der Waals surface area contributed by atoms with Gasteiger partial charge in [-0.25, -0.2) is 4.68 Å². The third-order valence-corrected chi connectivity index (χ3v) is 4.35. The first-order valence-electron chi connectivity index (χ1n) is 8.04. The maximum Gasteiger partial charge on any atom is 0.250 e. The Morgan fingerprint density at radius 1 is 1.17 bits per heavy atom. The molecule has 2 aromatic carbocycles. The van der Waals surface area contributed by atoms with Crippen molar-refractivity contribution < 1.29 is 4.79 Å². The van der Waals surface area contributed by atoms with Crippen LogP contribution in [-0.4, -0.2) is 22.2 Å². The van der Waals surface area contributed by atoms with Crippen LogP contribution in [0.25, 0.3) is 22.2 Å². The molecule has 1 aromatic heterocycles. The molecule has 120 valence electrons. The summed E-state index contributed by atoms with van der Waals surface area (Å²) < 4.78 is 1.79. The molecule has 0 saturated heterocycles. The lowest BCUT2D eigenvalue weighted by Crippen LogP contribution is -2.13. The van der Waals surface area contributed by atoms with Crippen molar-refractivity contribution in [3.8, 4) is 5.69 Å². The summed E-state index contributed by atoms with van der Waals surface area (Å²) in [5.41, 5.74) is 10.0. The molecule has 1 aliphatic heterocycles. The molecular weight excluding hydrogens is 300 g/mol. The molecule has 0 atom stereocenters. The monoisotopic (exact) mass is 318 g/mol. The van der Waals surface area contributed by atoms with E-state index in [9.17, 15) is 4.79 Å². The van der Waals surface area contributed by atoms with E-state index in [-0.39, 0.29) is 0 Å². The number of rotatable bonds is 3. The number of nitrogens with one attached hydrogen (secondary N) is 1.